The molecule has 0 aliphatic heterocycles. The number of hydrogen-bond acceptors (Lipinski definition) is 4. The van der Waals surface area contributed by atoms with Crippen molar-refractivity contribution >= 4 is 9.84 Å². The van der Waals surface area contributed by atoms with Gasteiger partial charge in [-0.15, -0.1) is 0 Å². The third-order valence-corrected chi connectivity index (χ3v) is 6.80. The van der Waals surface area contributed by atoms with Gasteiger partial charge in [0.05, 0.1) is 17.3 Å². The minimum absolute atomic E-state index is 0.132. The number of sulfone groups is 1. The number of methoxy groups -OCH3 is 1. The highest BCUT2D eigenvalue weighted by molar-refractivity contribution is 7.92. The van der Waals surface area contributed by atoms with Crippen molar-refractivity contribution in [3.05, 3.63) is 59.7 Å². The van der Waals surface area contributed by atoms with Crippen molar-refractivity contribution in [1.82, 2.24) is 0 Å². The molecule has 23 heavy (non-hydrogen) atoms. The van der Waals surface area contributed by atoms with Crippen molar-refractivity contribution in [2.24, 2.45) is 5.92 Å². The van der Waals surface area contributed by atoms with Crippen LogP contribution in [0, 0.1) is 12.8 Å². The van der Waals surface area contributed by atoms with Gasteiger partial charge >= 0.3 is 0 Å². The van der Waals surface area contributed by atoms with E-state index in [1.807, 2.05) is 31.2 Å². The topological polar surface area (TPSA) is 63.6 Å². The first-order valence-electron chi connectivity index (χ1n) is 7.54. The van der Waals surface area contributed by atoms with Crippen LogP contribution >= 0.6 is 0 Å². The molecule has 0 bridgehead atoms. The summed E-state index contributed by atoms with van der Waals surface area (Å²) in [4.78, 5) is 0.322. The van der Waals surface area contributed by atoms with Gasteiger partial charge in [0.15, 0.2) is 9.84 Å². The van der Waals surface area contributed by atoms with E-state index in [0.29, 0.717) is 4.90 Å². The number of hydrogen-bond donors (Lipinski definition) is 1. The molecule has 0 amide bonds. The van der Waals surface area contributed by atoms with Gasteiger partial charge in [-0.1, -0.05) is 29.8 Å². The van der Waals surface area contributed by atoms with Crippen LogP contribution in [-0.4, -0.2) is 32.5 Å². The molecule has 2 aromatic rings. The largest absolute Gasteiger partial charge is 0.497 e. The summed E-state index contributed by atoms with van der Waals surface area (Å²) in [5, 5.41) is 9.01. The Morgan fingerprint density at radius 1 is 1.04 bits per heavy atom. The predicted octanol–water partition coefficient (Wildman–Crippen LogP) is 2.55. The number of aliphatic hydroxyl groups is 1. The minimum Gasteiger partial charge on any atom is -0.497 e. The maximum absolute atomic E-state index is 12.8. The van der Waals surface area contributed by atoms with Crippen molar-refractivity contribution in [3.8, 4) is 5.75 Å². The minimum atomic E-state index is -3.45. The molecule has 1 N–H and O–H groups in total. The van der Waals surface area contributed by atoms with Gasteiger partial charge in [-0.3, -0.25) is 0 Å². The zero-order chi connectivity index (χ0) is 16.6. The van der Waals surface area contributed by atoms with Gasteiger partial charge in [-0.25, -0.2) is 8.42 Å². The van der Waals surface area contributed by atoms with Crippen LogP contribution < -0.4 is 4.74 Å². The zero-order valence-corrected chi connectivity index (χ0v) is 14.0. The van der Waals surface area contributed by atoms with Crippen molar-refractivity contribution in [2.75, 3.05) is 13.7 Å². The molecule has 3 rings (SSSR count). The van der Waals surface area contributed by atoms with Crippen molar-refractivity contribution in [3.63, 3.8) is 0 Å². The second-order valence-corrected chi connectivity index (χ2v) is 8.07. The molecule has 1 aliphatic rings. The lowest BCUT2D eigenvalue weighted by atomic mass is 10.1. The van der Waals surface area contributed by atoms with E-state index in [4.69, 9.17) is 4.74 Å². The molecule has 2 aromatic carbocycles. The SMILES string of the molecule is COc1ccc([C@@H]2[C@H](CO)[C@H]2S(=O)(=O)c2ccc(C)cc2)cc1. The molecule has 0 radical (unpaired) electrons. The number of ether oxygens (including phenoxy) is 1. The van der Waals surface area contributed by atoms with Gasteiger partial charge < -0.3 is 9.84 Å². The summed E-state index contributed by atoms with van der Waals surface area (Å²) in [6.07, 6.45) is 0. The smallest absolute Gasteiger partial charge is 0.182 e. The Balaban J connectivity index is 1.90. The maximum Gasteiger partial charge on any atom is 0.182 e. The van der Waals surface area contributed by atoms with Crippen molar-refractivity contribution in [2.45, 2.75) is 23.0 Å². The Morgan fingerprint density at radius 2 is 1.65 bits per heavy atom. The first kappa shape index (κ1) is 16.0. The molecule has 0 unspecified atom stereocenters. The van der Waals surface area contributed by atoms with E-state index in [1.165, 1.54) is 0 Å². The quantitative estimate of drug-likeness (QED) is 0.914. The van der Waals surface area contributed by atoms with E-state index < -0.39 is 15.1 Å². The van der Waals surface area contributed by atoms with Gasteiger partial charge in [0.25, 0.3) is 0 Å². The molecule has 1 aliphatic carbocycles. The van der Waals surface area contributed by atoms with E-state index in [-0.39, 0.29) is 18.4 Å². The standard InChI is InChI=1S/C18H20O4S/c1-12-3-9-15(10-4-12)23(20,21)18-16(11-19)17(18)13-5-7-14(22-2)8-6-13/h3-10,16-19H,11H2,1-2H3/t16-,17+,18+/m0/s1. The fourth-order valence-corrected chi connectivity index (χ4v) is 5.33. The van der Waals surface area contributed by atoms with E-state index in [0.717, 1.165) is 16.9 Å². The first-order chi connectivity index (χ1) is 11.0. The first-order valence-corrected chi connectivity index (χ1v) is 9.09. The highest BCUT2D eigenvalue weighted by atomic mass is 32.2. The molecular formula is C18H20O4S. The Bertz CT molecular complexity index is 779. The van der Waals surface area contributed by atoms with Gasteiger partial charge in [-0.05, 0) is 36.8 Å². The third kappa shape index (κ3) is 2.86. The predicted molar refractivity (Wildman–Crippen MR) is 88.5 cm³/mol. The maximum atomic E-state index is 12.8. The summed E-state index contributed by atoms with van der Waals surface area (Å²) in [5.74, 6) is 0.305. The molecule has 1 saturated carbocycles. The fourth-order valence-electron chi connectivity index (χ4n) is 3.13. The van der Waals surface area contributed by atoms with E-state index in [9.17, 15) is 13.5 Å². The van der Waals surface area contributed by atoms with Crippen LogP contribution in [-0.2, 0) is 9.84 Å². The van der Waals surface area contributed by atoms with Crippen LogP contribution in [0.15, 0.2) is 53.4 Å². The summed E-state index contributed by atoms with van der Waals surface area (Å²) < 4.78 is 30.8. The van der Waals surface area contributed by atoms with Crippen LogP contribution in [0.5, 0.6) is 5.75 Å². The highest BCUT2D eigenvalue weighted by Gasteiger charge is 2.58. The summed E-state index contributed by atoms with van der Waals surface area (Å²) in [6, 6.07) is 14.3. The van der Waals surface area contributed by atoms with Gasteiger partial charge in [0.2, 0.25) is 0 Å². The van der Waals surface area contributed by atoms with Crippen LogP contribution in [0.2, 0.25) is 0 Å². The van der Waals surface area contributed by atoms with Crippen molar-refractivity contribution in [1.29, 1.82) is 0 Å². The van der Waals surface area contributed by atoms with E-state index >= 15 is 0 Å². The number of aryl methyl sites for hydroxylation is 1. The van der Waals surface area contributed by atoms with E-state index in [2.05, 4.69) is 0 Å². The van der Waals surface area contributed by atoms with Crippen LogP contribution in [0.4, 0.5) is 0 Å². The lowest BCUT2D eigenvalue weighted by molar-refractivity contribution is 0.274. The molecule has 3 atom stereocenters. The van der Waals surface area contributed by atoms with Gasteiger partial charge in [0.1, 0.15) is 5.75 Å². The molecule has 0 saturated heterocycles. The van der Waals surface area contributed by atoms with Crippen molar-refractivity contribution < 1.29 is 18.3 Å². The molecule has 4 nitrogen and oxygen atoms in total. The summed E-state index contributed by atoms with van der Waals surface area (Å²) in [5.41, 5.74) is 1.94. The summed E-state index contributed by atoms with van der Waals surface area (Å²) in [6.45, 7) is 1.79. The number of benzene rings is 2. The van der Waals surface area contributed by atoms with Crippen LogP contribution in [0.3, 0.4) is 0 Å². The normalized spacial score (nSPS) is 23.5. The average molecular weight is 332 g/mol. The molecule has 0 heterocycles. The lowest BCUT2D eigenvalue weighted by Gasteiger charge is -2.05. The monoisotopic (exact) mass is 332 g/mol. The summed E-state index contributed by atoms with van der Waals surface area (Å²) >= 11 is 0. The molecule has 0 aromatic heterocycles. The second kappa shape index (κ2) is 5.98. The zero-order valence-electron chi connectivity index (χ0n) is 13.1. The molecule has 1 fully saturated rings. The molecule has 0 spiro atoms. The third-order valence-electron chi connectivity index (χ3n) is 4.52. The highest BCUT2D eigenvalue weighted by Crippen LogP contribution is 2.53. The van der Waals surface area contributed by atoms with Crippen LogP contribution in [0.1, 0.15) is 17.0 Å². The Kier molecular flexibility index (Phi) is 4.17. The van der Waals surface area contributed by atoms with Gasteiger partial charge in [-0.2, -0.15) is 0 Å². The average Bonchev–Trinajstić information content (AvgIpc) is 3.31. The number of rotatable bonds is 5. The summed E-state index contributed by atoms with van der Waals surface area (Å²) in [7, 11) is -1.86. The lowest BCUT2D eigenvalue weighted by Crippen LogP contribution is -2.11. The second-order valence-electron chi connectivity index (χ2n) is 5.97. The Labute approximate surface area is 136 Å². The molecule has 122 valence electrons. The van der Waals surface area contributed by atoms with Crippen LogP contribution in [0.25, 0.3) is 0 Å². The number of aliphatic hydroxyl groups excluding tert-OH is 1. The van der Waals surface area contributed by atoms with Gasteiger partial charge in [0, 0.05) is 18.4 Å². The Morgan fingerprint density at radius 3 is 2.17 bits per heavy atom. The Hall–Kier alpha value is -1.85. The van der Waals surface area contributed by atoms with E-state index in [1.54, 1.807) is 31.4 Å². The molecule has 5 heteroatoms. The fraction of sp³-hybridized carbons (Fsp3) is 0.333. The molecular weight excluding hydrogens is 312 g/mol.